The van der Waals surface area contributed by atoms with Crippen LogP contribution in [0.1, 0.15) is 42.9 Å². The molecular weight excluding hydrogens is 241 g/mol. The van der Waals surface area contributed by atoms with E-state index in [0.717, 1.165) is 29.6 Å². The molecule has 3 rings (SSSR count). The molecule has 100 valence electrons. The fourth-order valence-corrected chi connectivity index (χ4v) is 2.93. The Hall–Kier alpha value is -1.68. The van der Waals surface area contributed by atoms with Gasteiger partial charge in [-0.2, -0.15) is 0 Å². The number of hydrogen-bond donors (Lipinski definition) is 2. The molecule has 19 heavy (non-hydrogen) atoms. The third-order valence-corrected chi connectivity index (χ3v) is 4.04. The van der Waals surface area contributed by atoms with Crippen LogP contribution in [0.4, 0.5) is 10.1 Å². The van der Waals surface area contributed by atoms with Gasteiger partial charge in [0, 0.05) is 23.1 Å². The van der Waals surface area contributed by atoms with E-state index in [1.165, 1.54) is 18.9 Å². The van der Waals surface area contributed by atoms with Crippen molar-refractivity contribution in [1.82, 2.24) is 4.98 Å². The van der Waals surface area contributed by atoms with E-state index in [0.29, 0.717) is 17.0 Å². The minimum absolute atomic E-state index is 0.216. The highest BCUT2D eigenvalue weighted by atomic mass is 19.1. The monoisotopic (exact) mass is 259 g/mol. The van der Waals surface area contributed by atoms with Crippen molar-refractivity contribution in [2.75, 3.05) is 5.43 Å². The lowest BCUT2D eigenvalue weighted by atomic mass is 10.0. The number of nitrogens with one attached hydrogen (secondary N) is 1. The summed E-state index contributed by atoms with van der Waals surface area (Å²) < 4.78 is 13.7. The van der Waals surface area contributed by atoms with Crippen molar-refractivity contribution >= 4 is 16.6 Å². The van der Waals surface area contributed by atoms with Crippen molar-refractivity contribution in [3.05, 3.63) is 35.3 Å². The molecule has 1 heterocycles. The van der Waals surface area contributed by atoms with Crippen LogP contribution in [0.2, 0.25) is 0 Å². The first-order valence-electron chi connectivity index (χ1n) is 6.76. The summed E-state index contributed by atoms with van der Waals surface area (Å²) in [5, 5.41) is 0.878. The highest BCUT2D eigenvalue weighted by Gasteiger charge is 2.20. The van der Waals surface area contributed by atoms with Crippen molar-refractivity contribution in [1.29, 1.82) is 0 Å². The summed E-state index contributed by atoms with van der Waals surface area (Å²) in [7, 11) is 0. The third kappa shape index (κ3) is 2.16. The van der Waals surface area contributed by atoms with E-state index in [9.17, 15) is 4.39 Å². The van der Waals surface area contributed by atoms with Crippen LogP contribution in [-0.4, -0.2) is 4.98 Å². The molecule has 0 aliphatic heterocycles. The molecule has 3 N–H and O–H groups in total. The molecule has 1 fully saturated rings. The summed E-state index contributed by atoms with van der Waals surface area (Å²) in [6, 6.07) is 5.31. The molecule has 0 saturated heterocycles. The molecule has 0 unspecified atom stereocenters. The molecular formula is C15H18FN3. The number of aromatic nitrogens is 1. The number of nitrogens with two attached hydrogens (primary N) is 1. The molecule has 4 heteroatoms. The van der Waals surface area contributed by atoms with E-state index in [2.05, 4.69) is 10.4 Å². The van der Waals surface area contributed by atoms with Gasteiger partial charge in [-0.15, -0.1) is 0 Å². The number of anilines is 1. The normalized spacial score (nSPS) is 16.2. The maximum atomic E-state index is 13.7. The molecule has 0 spiro atoms. The Morgan fingerprint density at radius 3 is 2.68 bits per heavy atom. The fraction of sp³-hybridized carbons (Fsp3) is 0.400. The lowest BCUT2D eigenvalue weighted by Crippen LogP contribution is -2.09. The van der Waals surface area contributed by atoms with Gasteiger partial charge in [-0.05, 0) is 37.5 Å². The number of nitrogens with zero attached hydrogens (tertiary/aromatic N) is 1. The molecule has 0 amide bonds. The summed E-state index contributed by atoms with van der Waals surface area (Å²) in [6.07, 6.45) is 4.82. The molecule has 1 aromatic heterocycles. The quantitative estimate of drug-likeness (QED) is 0.639. The van der Waals surface area contributed by atoms with E-state index in [-0.39, 0.29) is 5.82 Å². The molecule has 1 aliphatic rings. The number of hydrazine groups is 1. The summed E-state index contributed by atoms with van der Waals surface area (Å²) in [5.41, 5.74) is 5.87. The van der Waals surface area contributed by atoms with Gasteiger partial charge in [0.05, 0.1) is 11.2 Å². The number of benzene rings is 1. The van der Waals surface area contributed by atoms with Crippen LogP contribution in [0.5, 0.6) is 0 Å². The first-order chi connectivity index (χ1) is 9.19. The van der Waals surface area contributed by atoms with Crippen molar-refractivity contribution in [3.63, 3.8) is 0 Å². The van der Waals surface area contributed by atoms with Gasteiger partial charge in [0.1, 0.15) is 5.82 Å². The number of hydrogen-bond acceptors (Lipinski definition) is 3. The summed E-state index contributed by atoms with van der Waals surface area (Å²) >= 11 is 0. The van der Waals surface area contributed by atoms with Gasteiger partial charge in [-0.1, -0.05) is 12.8 Å². The maximum absolute atomic E-state index is 13.7. The van der Waals surface area contributed by atoms with E-state index in [1.54, 1.807) is 13.0 Å². The van der Waals surface area contributed by atoms with Crippen LogP contribution in [-0.2, 0) is 0 Å². The SMILES string of the molecule is Cc1cc2c(NN)cc(C3CCCC3)nc2cc1F. The van der Waals surface area contributed by atoms with Gasteiger partial charge < -0.3 is 5.43 Å². The number of rotatable bonds is 2. The topological polar surface area (TPSA) is 50.9 Å². The molecule has 0 bridgehead atoms. The average molecular weight is 259 g/mol. The highest BCUT2D eigenvalue weighted by molar-refractivity contribution is 5.92. The molecule has 1 saturated carbocycles. The van der Waals surface area contributed by atoms with Crippen LogP contribution in [0, 0.1) is 12.7 Å². The molecule has 0 atom stereocenters. The second-order valence-corrected chi connectivity index (χ2v) is 5.34. The van der Waals surface area contributed by atoms with Crippen molar-refractivity contribution in [3.8, 4) is 0 Å². The Kier molecular flexibility index (Phi) is 3.11. The van der Waals surface area contributed by atoms with E-state index in [1.807, 2.05) is 6.07 Å². The van der Waals surface area contributed by atoms with Gasteiger partial charge >= 0.3 is 0 Å². The minimum atomic E-state index is -0.216. The van der Waals surface area contributed by atoms with E-state index in [4.69, 9.17) is 5.84 Å². The largest absolute Gasteiger partial charge is 0.323 e. The number of aryl methyl sites for hydroxylation is 1. The van der Waals surface area contributed by atoms with E-state index < -0.39 is 0 Å². The predicted molar refractivity (Wildman–Crippen MR) is 75.5 cm³/mol. The average Bonchev–Trinajstić information content (AvgIpc) is 2.93. The lowest BCUT2D eigenvalue weighted by Gasteiger charge is -2.14. The van der Waals surface area contributed by atoms with Gasteiger partial charge in [0.25, 0.3) is 0 Å². The van der Waals surface area contributed by atoms with Gasteiger partial charge in [-0.25, -0.2) is 4.39 Å². The Bertz CT molecular complexity index is 618. The van der Waals surface area contributed by atoms with Crippen LogP contribution in [0.3, 0.4) is 0 Å². The Morgan fingerprint density at radius 2 is 2.00 bits per heavy atom. The van der Waals surface area contributed by atoms with Gasteiger partial charge in [-0.3, -0.25) is 10.8 Å². The lowest BCUT2D eigenvalue weighted by molar-refractivity contribution is 0.620. The van der Waals surface area contributed by atoms with Crippen molar-refractivity contribution < 1.29 is 4.39 Å². The molecule has 1 aromatic carbocycles. The standard InChI is InChI=1S/C15H18FN3/c1-9-6-11-14(7-12(9)16)18-13(8-15(11)19-17)10-4-2-3-5-10/h6-8,10H,2-5,17H2,1H3,(H,18,19). The number of pyridine rings is 1. The fourth-order valence-electron chi connectivity index (χ4n) is 2.93. The van der Waals surface area contributed by atoms with Gasteiger partial charge in [0.2, 0.25) is 0 Å². The zero-order chi connectivity index (χ0) is 13.4. The predicted octanol–water partition coefficient (Wildman–Crippen LogP) is 3.63. The summed E-state index contributed by atoms with van der Waals surface area (Å²) in [4.78, 5) is 4.63. The Morgan fingerprint density at radius 1 is 1.26 bits per heavy atom. The molecule has 2 aromatic rings. The van der Waals surface area contributed by atoms with Crippen molar-refractivity contribution in [2.24, 2.45) is 5.84 Å². The minimum Gasteiger partial charge on any atom is -0.323 e. The maximum Gasteiger partial charge on any atom is 0.128 e. The Labute approximate surface area is 112 Å². The number of halogens is 1. The highest BCUT2D eigenvalue weighted by Crippen LogP contribution is 2.36. The smallest absolute Gasteiger partial charge is 0.128 e. The summed E-state index contributed by atoms with van der Waals surface area (Å²) in [5.74, 6) is 5.87. The molecule has 0 radical (unpaired) electrons. The second-order valence-electron chi connectivity index (χ2n) is 5.34. The first-order valence-corrected chi connectivity index (χ1v) is 6.76. The van der Waals surface area contributed by atoms with Crippen LogP contribution >= 0.6 is 0 Å². The van der Waals surface area contributed by atoms with Gasteiger partial charge in [0.15, 0.2) is 0 Å². The summed E-state index contributed by atoms with van der Waals surface area (Å²) in [6.45, 7) is 1.75. The third-order valence-electron chi connectivity index (χ3n) is 4.04. The number of nitrogen functional groups attached to an aromatic ring is 1. The zero-order valence-electron chi connectivity index (χ0n) is 11.0. The number of fused-ring (bicyclic) bond motifs is 1. The zero-order valence-corrected chi connectivity index (χ0v) is 11.0. The Balaban J connectivity index is 2.18. The van der Waals surface area contributed by atoms with Crippen LogP contribution < -0.4 is 11.3 Å². The van der Waals surface area contributed by atoms with Crippen LogP contribution in [0.15, 0.2) is 18.2 Å². The van der Waals surface area contributed by atoms with Crippen LogP contribution in [0.25, 0.3) is 10.9 Å². The van der Waals surface area contributed by atoms with Crippen molar-refractivity contribution in [2.45, 2.75) is 38.5 Å². The molecule has 1 aliphatic carbocycles. The second kappa shape index (κ2) is 4.78. The first kappa shape index (κ1) is 12.4. The van der Waals surface area contributed by atoms with E-state index >= 15 is 0 Å². The molecule has 3 nitrogen and oxygen atoms in total.